The Morgan fingerprint density at radius 2 is 2.13 bits per heavy atom. The lowest BCUT2D eigenvalue weighted by atomic mass is 10.2. The number of benzene rings is 2. The zero-order valence-corrected chi connectivity index (χ0v) is 12.6. The number of phenolic OH excluding ortho intramolecular Hbond substituents is 1. The van der Waals surface area contributed by atoms with Crippen LogP contribution in [0.4, 0.5) is 11.4 Å². The van der Waals surface area contributed by atoms with Crippen molar-refractivity contribution in [3.63, 3.8) is 0 Å². The second-order valence-electron chi connectivity index (χ2n) is 5.12. The quantitative estimate of drug-likeness (QED) is 0.456. The average molecular weight is 310 g/mol. The molecule has 0 saturated carbocycles. The summed E-state index contributed by atoms with van der Waals surface area (Å²) < 4.78 is 1.98. The number of nitrogens with zero attached hydrogens (tertiary/aromatic N) is 4. The van der Waals surface area contributed by atoms with Gasteiger partial charge in [0.1, 0.15) is 5.82 Å². The number of para-hydroxylation sites is 1. The van der Waals surface area contributed by atoms with Gasteiger partial charge in [-0.25, -0.2) is 4.98 Å². The van der Waals surface area contributed by atoms with Crippen molar-refractivity contribution in [1.82, 2.24) is 9.55 Å². The number of aromatic nitrogens is 2. The first-order valence-electron chi connectivity index (χ1n) is 6.91. The van der Waals surface area contributed by atoms with Crippen LogP contribution in [0.1, 0.15) is 11.4 Å². The summed E-state index contributed by atoms with van der Waals surface area (Å²) in [5.41, 5.74) is 2.42. The predicted molar refractivity (Wildman–Crippen MR) is 87.5 cm³/mol. The lowest BCUT2D eigenvalue weighted by Crippen LogP contribution is -1.91. The molecule has 0 aliphatic heterocycles. The van der Waals surface area contributed by atoms with Crippen LogP contribution in [0.25, 0.3) is 11.0 Å². The second-order valence-corrected chi connectivity index (χ2v) is 5.12. The Morgan fingerprint density at radius 3 is 2.87 bits per heavy atom. The van der Waals surface area contributed by atoms with Gasteiger partial charge < -0.3 is 9.67 Å². The highest BCUT2D eigenvalue weighted by molar-refractivity contribution is 5.88. The van der Waals surface area contributed by atoms with E-state index in [0.29, 0.717) is 5.69 Å². The second kappa shape index (κ2) is 5.53. The maximum Gasteiger partial charge on any atom is 0.311 e. The Balaban J connectivity index is 1.97. The molecule has 0 amide bonds. The first-order valence-corrected chi connectivity index (χ1v) is 6.91. The molecule has 0 fully saturated rings. The first kappa shape index (κ1) is 14.7. The van der Waals surface area contributed by atoms with Crippen LogP contribution in [0.5, 0.6) is 5.75 Å². The van der Waals surface area contributed by atoms with Crippen LogP contribution in [-0.2, 0) is 7.05 Å². The van der Waals surface area contributed by atoms with Gasteiger partial charge in [0, 0.05) is 24.9 Å². The SMILES string of the molecule is Cc1nc2cc(N=Cc3cccc([N+](=O)[O-])c3O)ccc2n1C. The Labute approximate surface area is 131 Å². The predicted octanol–water partition coefficient (Wildman–Crippen LogP) is 3.25. The van der Waals surface area contributed by atoms with E-state index in [0.717, 1.165) is 16.9 Å². The van der Waals surface area contributed by atoms with Crippen molar-refractivity contribution in [2.24, 2.45) is 12.0 Å². The van der Waals surface area contributed by atoms with Crippen LogP contribution in [0, 0.1) is 17.0 Å². The van der Waals surface area contributed by atoms with Gasteiger partial charge in [-0.3, -0.25) is 15.1 Å². The summed E-state index contributed by atoms with van der Waals surface area (Å²) in [6.45, 7) is 1.92. The monoisotopic (exact) mass is 310 g/mol. The van der Waals surface area contributed by atoms with Gasteiger partial charge in [0.25, 0.3) is 0 Å². The number of hydrogen-bond acceptors (Lipinski definition) is 5. The van der Waals surface area contributed by atoms with E-state index in [-0.39, 0.29) is 11.3 Å². The number of hydrogen-bond donors (Lipinski definition) is 1. The van der Waals surface area contributed by atoms with Crippen LogP contribution in [0.15, 0.2) is 41.4 Å². The molecule has 0 spiro atoms. The van der Waals surface area contributed by atoms with Gasteiger partial charge in [-0.2, -0.15) is 0 Å². The van der Waals surface area contributed by atoms with Crippen LogP contribution >= 0.6 is 0 Å². The maximum absolute atomic E-state index is 10.8. The molecule has 3 aromatic rings. The molecule has 0 saturated heterocycles. The van der Waals surface area contributed by atoms with E-state index >= 15 is 0 Å². The molecular formula is C16H14N4O3. The molecule has 3 rings (SSSR count). The molecule has 7 nitrogen and oxygen atoms in total. The highest BCUT2D eigenvalue weighted by atomic mass is 16.6. The fourth-order valence-electron chi connectivity index (χ4n) is 2.33. The van der Waals surface area contributed by atoms with Crippen LogP contribution in [-0.4, -0.2) is 25.8 Å². The molecule has 2 aromatic carbocycles. The largest absolute Gasteiger partial charge is 0.502 e. The van der Waals surface area contributed by atoms with E-state index in [1.807, 2.05) is 36.7 Å². The molecule has 0 radical (unpaired) electrons. The Hall–Kier alpha value is -3.22. The zero-order valence-electron chi connectivity index (χ0n) is 12.6. The zero-order chi connectivity index (χ0) is 16.6. The number of aromatic hydroxyl groups is 1. The number of fused-ring (bicyclic) bond motifs is 1. The van der Waals surface area contributed by atoms with E-state index in [4.69, 9.17) is 0 Å². The van der Waals surface area contributed by atoms with Crippen LogP contribution < -0.4 is 0 Å². The van der Waals surface area contributed by atoms with Gasteiger partial charge in [0.2, 0.25) is 5.75 Å². The summed E-state index contributed by atoms with van der Waals surface area (Å²) in [5.74, 6) is 0.508. The number of nitro groups is 1. The van der Waals surface area contributed by atoms with Gasteiger partial charge in [-0.1, -0.05) is 6.07 Å². The number of aryl methyl sites for hydroxylation is 2. The van der Waals surface area contributed by atoms with Crippen LogP contribution in [0.2, 0.25) is 0 Å². The fourth-order valence-corrected chi connectivity index (χ4v) is 2.33. The fraction of sp³-hybridized carbons (Fsp3) is 0.125. The van der Waals surface area contributed by atoms with E-state index < -0.39 is 10.7 Å². The number of aliphatic imine (C=N–C) groups is 1. The Bertz CT molecular complexity index is 944. The Kier molecular flexibility index (Phi) is 3.53. The lowest BCUT2D eigenvalue weighted by molar-refractivity contribution is -0.385. The molecular weight excluding hydrogens is 296 g/mol. The minimum Gasteiger partial charge on any atom is -0.502 e. The third-order valence-electron chi connectivity index (χ3n) is 3.68. The first-order chi connectivity index (χ1) is 11.0. The molecule has 7 heteroatoms. The smallest absolute Gasteiger partial charge is 0.311 e. The van der Waals surface area contributed by atoms with Gasteiger partial charge in [0.15, 0.2) is 0 Å². The molecule has 1 N–H and O–H groups in total. The number of nitro benzene ring substituents is 1. The maximum atomic E-state index is 10.8. The van der Waals surface area contributed by atoms with Gasteiger partial charge in [-0.05, 0) is 31.2 Å². The highest BCUT2D eigenvalue weighted by Gasteiger charge is 2.15. The number of rotatable bonds is 3. The summed E-state index contributed by atoms with van der Waals surface area (Å²) in [6.07, 6.45) is 1.40. The highest BCUT2D eigenvalue weighted by Crippen LogP contribution is 2.29. The number of imidazole rings is 1. The van der Waals surface area contributed by atoms with Crippen molar-refractivity contribution in [3.05, 3.63) is 57.9 Å². The van der Waals surface area contributed by atoms with Crippen molar-refractivity contribution in [1.29, 1.82) is 0 Å². The van der Waals surface area contributed by atoms with E-state index in [1.165, 1.54) is 18.3 Å². The van der Waals surface area contributed by atoms with Crippen molar-refractivity contribution in [2.45, 2.75) is 6.92 Å². The third kappa shape index (κ3) is 2.64. The van der Waals surface area contributed by atoms with Crippen LogP contribution in [0.3, 0.4) is 0 Å². The van der Waals surface area contributed by atoms with Gasteiger partial charge in [-0.15, -0.1) is 0 Å². The summed E-state index contributed by atoms with van der Waals surface area (Å²) >= 11 is 0. The van der Waals surface area contributed by atoms with E-state index in [1.54, 1.807) is 6.07 Å². The molecule has 0 aliphatic carbocycles. The summed E-state index contributed by atoms with van der Waals surface area (Å²) in [7, 11) is 1.94. The Morgan fingerprint density at radius 1 is 1.35 bits per heavy atom. The summed E-state index contributed by atoms with van der Waals surface area (Å²) in [5, 5.41) is 20.7. The summed E-state index contributed by atoms with van der Waals surface area (Å²) in [6, 6.07) is 9.88. The van der Waals surface area contributed by atoms with Crippen molar-refractivity contribution < 1.29 is 10.0 Å². The molecule has 1 aromatic heterocycles. The average Bonchev–Trinajstić information content (AvgIpc) is 2.80. The standard InChI is InChI=1S/C16H14N4O3/c1-10-18-13-8-12(6-7-14(13)19(10)2)17-9-11-4-3-5-15(16(11)21)20(22)23/h3-9,21H,1-2H3. The third-order valence-corrected chi connectivity index (χ3v) is 3.68. The molecule has 0 bridgehead atoms. The van der Waals surface area contributed by atoms with E-state index in [2.05, 4.69) is 9.98 Å². The van der Waals surface area contributed by atoms with Crippen molar-refractivity contribution >= 4 is 28.6 Å². The molecule has 23 heavy (non-hydrogen) atoms. The van der Waals surface area contributed by atoms with Crippen molar-refractivity contribution in [3.8, 4) is 5.75 Å². The van der Waals surface area contributed by atoms with Crippen molar-refractivity contribution in [2.75, 3.05) is 0 Å². The minimum absolute atomic E-state index is 0.288. The minimum atomic E-state index is -0.630. The molecule has 1 heterocycles. The number of phenols is 1. The van der Waals surface area contributed by atoms with Gasteiger partial charge in [0.05, 0.1) is 21.6 Å². The summed E-state index contributed by atoms with van der Waals surface area (Å²) in [4.78, 5) is 18.9. The topological polar surface area (TPSA) is 93.6 Å². The van der Waals surface area contributed by atoms with Gasteiger partial charge >= 0.3 is 5.69 Å². The normalized spacial score (nSPS) is 11.4. The molecule has 0 unspecified atom stereocenters. The molecule has 0 aliphatic rings. The molecule has 116 valence electrons. The molecule has 0 atom stereocenters. The lowest BCUT2D eigenvalue weighted by Gasteiger charge is -2.00. The van der Waals surface area contributed by atoms with E-state index in [9.17, 15) is 15.2 Å².